The second-order valence-corrected chi connectivity index (χ2v) is 8.06. The Morgan fingerprint density at radius 2 is 0.955 bits per heavy atom. The molecule has 0 fully saturated rings. The molecule has 0 atom stereocenters. The molecule has 3 heteroatoms. The predicted octanol–water partition coefficient (Wildman–Crippen LogP) is 1.28. The first-order valence-corrected chi connectivity index (χ1v) is 9.17. The minimum absolute atomic E-state index is 0. The van der Waals surface area contributed by atoms with Crippen molar-refractivity contribution in [1.29, 1.82) is 0 Å². The van der Waals surface area contributed by atoms with E-state index in [0.717, 1.165) is 5.75 Å². The van der Waals surface area contributed by atoms with Gasteiger partial charge in [-0.15, -0.1) is 0 Å². The predicted molar refractivity (Wildman–Crippen MR) is 92.1 cm³/mol. The molecule has 3 rings (SSSR count). The maximum absolute atomic E-state index is 6.49. The van der Waals surface area contributed by atoms with Crippen molar-refractivity contribution in [2.24, 2.45) is 0 Å². The zero-order chi connectivity index (χ0) is 14.5. The number of para-hydroxylation sites is 1. The Bertz CT molecular complexity index is 647. The van der Waals surface area contributed by atoms with Gasteiger partial charge in [0.1, 0.15) is 10.6 Å². The van der Waals surface area contributed by atoms with Crippen LogP contribution in [0, 0.1) is 0 Å². The topological polar surface area (TPSA) is 9.23 Å². The monoisotopic (exact) mass is 420 g/mol. The molecule has 0 spiro atoms. The van der Waals surface area contributed by atoms with Crippen LogP contribution >= 0.6 is 7.49 Å². The zero-order valence-electron chi connectivity index (χ0n) is 12.4. The van der Waals surface area contributed by atoms with Gasteiger partial charge in [-0.25, -0.2) is 0 Å². The van der Waals surface area contributed by atoms with Crippen LogP contribution in [0.5, 0.6) is 5.75 Å². The fourth-order valence-corrected chi connectivity index (χ4v) is 4.91. The molecule has 3 aromatic carbocycles. The molecule has 0 saturated carbocycles. The van der Waals surface area contributed by atoms with Crippen LogP contribution in [0.4, 0.5) is 0 Å². The van der Waals surface area contributed by atoms with Gasteiger partial charge in [-0.05, 0) is 36.4 Å². The van der Waals surface area contributed by atoms with Crippen molar-refractivity contribution in [3.8, 4) is 5.75 Å². The van der Waals surface area contributed by atoms with E-state index in [1.807, 2.05) is 42.5 Å². The first-order valence-electron chi connectivity index (χ1n) is 7.01. The van der Waals surface area contributed by atoms with Crippen LogP contribution < -0.4 is 39.1 Å². The molecule has 0 unspecified atom stereocenters. The minimum atomic E-state index is -1.90. The van der Waals surface area contributed by atoms with Crippen LogP contribution in [-0.4, -0.2) is 6.66 Å². The van der Waals surface area contributed by atoms with Gasteiger partial charge in [0.05, 0.1) is 6.66 Å². The summed E-state index contributed by atoms with van der Waals surface area (Å²) in [4.78, 5) is 0. The molecular formula is C19H18IOP. The maximum Gasteiger partial charge on any atom is 0.252 e. The van der Waals surface area contributed by atoms with Crippen molar-refractivity contribution in [3.63, 3.8) is 0 Å². The van der Waals surface area contributed by atoms with E-state index in [9.17, 15) is 0 Å². The lowest BCUT2D eigenvalue weighted by atomic mass is 10.3. The SMILES string of the molecule is C[P+](Oc1ccccc1)(c1ccccc1)c1ccccc1.[I-]. The summed E-state index contributed by atoms with van der Waals surface area (Å²) < 4.78 is 6.49. The van der Waals surface area contributed by atoms with E-state index in [1.165, 1.54) is 10.6 Å². The van der Waals surface area contributed by atoms with E-state index in [0.29, 0.717) is 0 Å². The molecule has 22 heavy (non-hydrogen) atoms. The highest BCUT2D eigenvalue weighted by Gasteiger charge is 2.41. The summed E-state index contributed by atoms with van der Waals surface area (Å²) in [5.74, 6) is 0.918. The van der Waals surface area contributed by atoms with Crippen molar-refractivity contribution in [1.82, 2.24) is 0 Å². The van der Waals surface area contributed by atoms with E-state index in [-0.39, 0.29) is 24.0 Å². The number of rotatable bonds is 4. The molecule has 0 bridgehead atoms. The third-order valence-electron chi connectivity index (χ3n) is 3.53. The Morgan fingerprint density at radius 1 is 0.591 bits per heavy atom. The van der Waals surface area contributed by atoms with Crippen molar-refractivity contribution < 1.29 is 28.5 Å². The van der Waals surface area contributed by atoms with Crippen LogP contribution in [0.2, 0.25) is 0 Å². The van der Waals surface area contributed by atoms with Gasteiger partial charge in [0, 0.05) is 0 Å². The highest BCUT2D eigenvalue weighted by atomic mass is 127. The lowest BCUT2D eigenvalue weighted by molar-refractivity contribution is -0.00000474. The number of benzene rings is 3. The molecule has 0 aromatic heterocycles. The van der Waals surface area contributed by atoms with E-state index in [1.54, 1.807) is 0 Å². The molecule has 0 aliphatic heterocycles. The van der Waals surface area contributed by atoms with E-state index < -0.39 is 7.49 Å². The van der Waals surface area contributed by atoms with E-state index in [2.05, 4.69) is 55.2 Å². The lowest BCUT2D eigenvalue weighted by Gasteiger charge is -2.22. The van der Waals surface area contributed by atoms with Crippen molar-refractivity contribution in [2.45, 2.75) is 0 Å². The Morgan fingerprint density at radius 3 is 1.36 bits per heavy atom. The smallest absolute Gasteiger partial charge is 0.252 e. The van der Waals surface area contributed by atoms with Gasteiger partial charge in [0.2, 0.25) is 0 Å². The highest BCUT2D eigenvalue weighted by molar-refractivity contribution is 7.85. The van der Waals surface area contributed by atoms with Gasteiger partial charge in [-0.1, -0.05) is 54.6 Å². The quantitative estimate of drug-likeness (QED) is 0.457. The Labute approximate surface area is 149 Å². The zero-order valence-corrected chi connectivity index (χ0v) is 15.4. The normalized spacial score (nSPS) is 10.6. The molecule has 0 N–H and O–H groups in total. The van der Waals surface area contributed by atoms with Crippen molar-refractivity contribution >= 4 is 18.1 Å². The molecule has 0 saturated heterocycles. The number of hydrogen-bond acceptors (Lipinski definition) is 1. The van der Waals surface area contributed by atoms with Crippen molar-refractivity contribution in [3.05, 3.63) is 91.0 Å². The molecule has 112 valence electrons. The van der Waals surface area contributed by atoms with Gasteiger partial charge < -0.3 is 28.5 Å². The summed E-state index contributed by atoms with van der Waals surface area (Å²) in [7, 11) is -1.90. The highest BCUT2D eigenvalue weighted by Crippen LogP contribution is 2.53. The van der Waals surface area contributed by atoms with Gasteiger partial charge >= 0.3 is 0 Å². The largest absolute Gasteiger partial charge is 1.00 e. The molecule has 0 amide bonds. The molecule has 0 aliphatic carbocycles. The summed E-state index contributed by atoms with van der Waals surface area (Å²) in [5.41, 5.74) is 0. The van der Waals surface area contributed by atoms with Gasteiger partial charge in [0.15, 0.2) is 5.75 Å². The first kappa shape index (κ1) is 17.0. The van der Waals surface area contributed by atoms with E-state index in [4.69, 9.17) is 4.52 Å². The van der Waals surface area contributed by atoms with Crippen LogP contribution in [0.1, 0.15) is 0 Å². The van der Waals surface area contributed by atoms with E-state index >= 15 is 0 Å². The fourth-order valence-electron chi connectivity index (χ4n) is 2.37. The van der Waals surface area contributed by atoms with Crippen LogP contribution in [0.15, 0.2) is 91.0 Å². The molecule has 0 radical (unpaired) electrons. The summed E-state index contributed by atoms with van der Waals surface area (Å²) in [6.07, 6.45) is 0. The molecular weight excluding hydrogens is 402 g/mol. The van der Waals surface area contributed by atoms with Crippen LogP contribution in [0.3, 0.4) is 0 Å². The standard InChI is InChI=1S/C19H18OP.HI/c1-21(18-13-7-3-8-14-18,19-15-9-4-10-16-19)20-17-11-5-2-6-12-17;/h2-16H,1H3;1H/q+1;/p-1. The average molecular weight is 420 g/mol. The second kappa shape index (κ2) is 7.75. The van der Waals surface area contributed by atoms with Gasteiger partial charge in [-0.2, -0.15) is 0 Å². The molecule has 1 nitrogen and oxygen atoms in total. The first-order chi connectivity index (χ1) is 10.3. The van der Waals surface area contributed by atoms with Crippen LogP contribution in [-0.2, 0) is 0 Å². The summed E-state index contributed by atoms with van der Waals surface area (Å²) in [6.45, 7) is 2.23. The number of hydrogen-bond donors (Lipinski definition) is 0. The lowest BCUT2D eigenvalue weighted by Crippen LogP contribution is -3.00. The summed E-state index contributed by atoms with van der Waals surface area (Å²) >= 11 is 0. The Hall–Kier alpha value is -1.38. The summed E-state index contributed by atoms with van der Waals surface area (Å²) in [5, 5.41) is 2.50. The summed E-state index contributed by atoms with van der Waals surface area (Å²) in [6, 6.07) is 31.1. The minimum Gasteiger partial charge on any atom is -1.00 e. The molecule has 3 aromatic rings. The molecule has 0 heterocycles. The fraction of sp³-hybridized carbons (Fsp3) is 0.0526. The van der Waals surface area contributed by atoms with Gasteiger partial charge in [0.25, 0.3) is 7.49 Å². The van der Waals surface area contributed by atoms with Crippen LogP contribution in [0.25, 0.3) is 0 Å². The second-order valence-electron chi connectivity index (χ2n) is 5.00. The number of halogens is 1. The van der Waals surface area contributed by atoms with Crippen molar-refractivity contribution in [2.75, 3.05) is 6.66 Å². The third-order valence-corrected chi connectivity index (χ3v) is 6.67. The molecule has 0 aliphatic rings. The maximum atomic E-state index is 6.49. The average Bonchev–Trinajstić information content (AvgIpc) is 2.57. The Kier molecular flexibility index (Phi) is 5.98. The third kappa shape index (κ3) is 3.68. The Balaban J connectivity index is 0.00000176. The van der Waals surface area contributed by atoms with Gasteiger partial charge in [-0.3, -0.25) is 0 Å².